The molecule has 0 N–H and O–H groups in total. The molecule has 0 aliphatic carbocycles. The Morgan fingerprint density at radius 1 is 0.487 bits per heavy atom. The number of ether oxygens (including phenoxy) is 1. The fourth-order valence-corrected chi connectivity index (χ4v) is 6.37. The molecule has 1 aliphatic rings. The highest BCUT2D eigenvalue weighted by atomic mass is 16.5. The van der Waals surface area contributed by atoms with Crippen molar-refractivity contribution in [2.75, 3.05) is 0 Å². The van der Waals surface area contributed by atoms with Crippen LogP contribution in [0, 0.1) is 0 Å². The average molecular weight is 503 g/mol. The first-order valence-corrected chi connectivity index (χ1v) is 13.4. The summed E-state index contributed by atoms with van der Waals surface area (Å²) in [7, 11) is 0. The number of rotatable bonds is 2. The van der Waals surface area contributed by atoms with Gasteiger partial charge in [0, 0.05) is 32.9 Å². The highest BCUT2D eigenvalue weighted by Crippen LogP contribution is 2.49. The number of benzene rings is 6. The normalized spacial score (nSPS) is 13.8. The maximum absolute atomic E-state index is 6.44. The van der Waals surface area contributed by atoms with Gasteiger partial charge in [-0.25, -0.2) is 0 Å². The molecule has 0 unspecified atom stereocenters. The van der Waals surface area contributed by atoms with E-state index in [1.54, 1.807) is 0 Å². The van der Waals surface area contributed by atoms with Crippen LogP contribution in [-0.4, -0.2) is 0 Å². The molecule has 8 rings (SSSR count). The van der Waals surface area contributed by atoms with Gasteiger partial charge in [0.15, 0.2) is 0 Å². The van der Waals surface area contributed by atoms with E-state index in [1.165, 1.54) is 33.0 Å². The van der Waals surface area contributed by atoms with Crippen molar-refractivity contribution in [3.8, 4) is 33.8 Å². The van der Waals surface area contributed by atoms with Crippen LogP contribution < -0.4 is 4.74 Å². The van der Waals surface area contributed by atoms with E-state index in [1.807, 2.05) is 18.2 Å². The average Bonchev–Trinajstić information content (AvgIpc) is 3.35. The van der Waals surface area contributed by atoms with E-state index in [2.05, 4.69) is 117 Å². The number of para-hydroxylation sites is 3. The molecule has 2 nitrogen and oxygen atoms in total. The summed E-state index contributed by atoms with van der Waals surface area (Å²) in [6.07, 6.45) is 0. The minimum Gasteiger partial charge on any atom is -0.457 e. The fourth-order valence-electron chi connectivity index (χ4n) is 6.37. The second-order valence-electron chi connectivity index (χ2n) is 10.9. The molecule has 7 aromatic rings. The van der Waals surface area contributed by atoms with Crippen molar-refractivity contribution < 1.29 is 9.15 Å². The lowest BCUT2D eigenvalue weighted by molar-refractivity contribution is 0.418. The summed E-state index contributed by atoms with van der Waals surface area (Å²) < 4.78 is 12.8. The van der Waals surface area contributed by atoms with Crippen LogP contribution in [0.25, 0.3) is 55.0 Å². The maximum atomic E-state index is 6.44. The Morgan fingerprint density at radius 2 is 1.15 bits per heavy atom. The van der Waals surface area contributed by atoms with Crippen molar-refractivity contribution in [3.05, 3.63) is 132 Å². The van der Waals surface area contributed by atoms with Crippen LogP contribution in [0.4, 0.5) is 0 Å². The molecule has 0 bridgehead atoms. The van der Waals surface area contributed by atoms with Gasteiger partial charge in [-0.1, -0.05) is 117 Å². The molecule has 2 heterocycles. The third kappa shape index (κ3) is 3.21. The summed E-state index contributed by atoms with van der Waals surface area (Å²) in [4.78, 5) is 0. The number of hydrogen-bond acceptors (Lipinski definition) is 2. The van der Waals surface area contributed by atoms with Gasteiger partial charge in [-0.05, 0) is 45.7 Å². The van der Waals surface area contributed by atoms with Crippen LogP contribution in [0.15, 0.2) is 126 Å². The highest BCUT2D eigenvalue weighted by molar-refractivity contribution is 6.13. The standard InChI is InChI=1S/C37H26O2/c1-37(2)31-15-6-8-17-34(31)38-35-22-23(18-21-32(35)37)24-19-20-27(26-11-4-3-10-25(24)26)29-13-9-14-30-28-12-5-7-16-33(28)39-36(29)30/h3-22H,1-2H3. The molecule has 0 radical (unpaired) electrons. The lowest BCUT2D eigenvalue weighted by Gasteiger charge is -2.34. The lowest BCUT2D eigenvalue weighted by atomic mass is 9.75. The van der Waals surface area contributed by atoms with E-state index in [0.717, 1.165) is 44.6 Å². The van der Waals surface area contributed by atoms with E-state index >= 15 is 0 Å². The van der Waals surface area contributed by atoms with Crippen molar-refractivity contribution in [1.29, 1.82) is 0 Å². The van der Waals surface area contributed by atoms with E-state index in [-0.39, 0.29) is 5.41 Å². The van der Waals surface area contributed by atoms with Gasteiger partial charge < -0.3 is 9.15 Å². The van der Waals surface area contributed by atoms with Gasteiger partial charge in [0.2, 0.25) is 0 Å². The van der Waals surface area contributed by atoms with Crippen LogP contribution in [-0.2, 0) is 5.41 Å². The van der Waals surface area contributed by atoms with E-state index < -0.39 is 0 Å². The summed E-state index contributed by atoms with van der Waals surface area (Å²) >= 11 is 0. The Labute approximate surface area is 227 Å². The van der Waals surface area contributed by atoms with Crippen molar-refractivity contribution in [2.24, 2.45) is 0 Å². The number of hydrogen-bond donors (Lipinski definition) is 0. The Balaban J connectivity index is 1.31. The summed E-state index contributed by atoms with van der Waals surface area (Å²) in [5.41, 5.74) is 8.77. The van der Waals surface area contributed by atoms with Gasteiger partial charge in [0.1, 0.15) is 22.7 Å². The predicted octanol–water partition coefficient (Wildman–Crippen LogP) is 10.5. The van der Waals surface area contributed by atoms with E-state index in [0.29, 0.717) is 0 Å². The zero-order valence-corrected chi connectivity index (χ0v) is 21.9. The number of furan rings is 1. The van der Waals surface area contributed by atoms with Crippen molar-refractivity contribution in [3.63, 3.8) is 0 Å². The molecule has 1 aromatic heterocycles. The van der Waals surface area contributed by atoms with Gasteiger partial charge in [-0.3, -0.25) is 0 Å². The second-order valence-corrected chi connectivity index (χ2v) is 10.9. The molecule has 0 saturated carbocycles. The smallest absolute Gasteiger partial charge is 0.143 e. The molecule has 0 amide bonds. The van der Waals surface area contributed by atoms with Crippen LogP contribution in [0.1, 0.15) is 25.0 Å². The topological polar surface area (TPSA) is 22.4 Å². The molecular weight excluding hydrogens is 476 g/mol. The van der Waals surface area contributed by atoms with Crippen LogP contribution in [0.3, 0.4) is 0 Å². The van der Waals surface area contributed by atoms with Crippen molar-refractivity contribution in [1.82, 2.24) is 0 Å². The van der Waals surface area contributed by atoms with Gasteiger partial charge >= 0.3 is 0 Å². The Bertz CT molecular complexity index is 2080. The summed E-state index contributed by atoms with van der Waals surface area (Å²) in [6.45, 7) is 4.55. The summed E-state index contributed by atoms with van der Waals surface area (Å²) in [5, 5.41) is 4.70. The maximum Gasteiger partial charge on any atom is 0.143 e. The molecule has 0 atom stereocenters. The van der Waals surface area contributed by atoms with Crippen molar-refractivity contribution in [2.45, 2.75) is 19.3 Å². The molecule has 6 aromatic carbocycles. The van der Waals surface area contributed by atoms with E-state index in [4.69, 9.17) is 9.15 Å². The molecule has 39 heavy (non-hydrogen) atoms. The monoisotopic (exact) mass is 502 g/mol. The van der Waals surface area contributed by atoms with Crippen LogP contribution in [0.5, 0.6) is 11.5 Å². The molecule has 186 valence electrons. The highest BCUT2D eigenvalue weighted by Gasteiger charge is 2.34. The first kappa shape index (κ1) is 22.2. The van der Waals surface area contributed by atoms with E-state index in [9.17, 15) is 0 Å². The molecule has 1 aliphatic heterocycles. The molecular formula is C37H26O2. The lowest BCUT2D eigenvalue weighted by Crippen LogP contribution is -2.24. The minimum atomic E-state index is -0.125. The fraction of sp³-hybridized carbons (Fsp3) is 0.0811. The SMILES string of the molecule is CC1(C)c2ccccc2Oc2cc(-c3ccc(-c4cccc5c4oc4ccccc45)c4ccccc34)ccc21. The van der Waals surface area contributed by atoms with Crippen LogP contribution in [0.2, 0.25) is 0 Å². The Kier molecular flexibility index (Phi) is 4.60. The first-order chi connectivity index (χ1) is 19.1. The molecule has 0 spiro atoms. The largest absolute Gasteiger partial charge is 0.457 e. The Morgan fingerprint density at radius 3 is 2.03 bits per heavy atom. The number of fused-ring (bicyclic) bond motifs is 6. The summed E-state index contributed by atoms with van der Waals surface area (Å²) in [5.74, 6) is 1.86. The quantitative estimate of drug-likeness (QED) is 0.235. The third-order valence-electron chi connectivity index (χ3n) is 8.36. The minimum absolute atomic E-state index is 0.125. The van der Waals surface area contributed by atoms with Gasteiger partial charge in [0.25, 0.3) is 0 Å². The second kappa shape index (κ2) is 8.09. The van der Waals surface area contributed by atoms with Crippen molar-refractivity contribution >= 4 is 32.7 Å². The van der Waals surface area contributed by atoms with Gasteiger partial charge in [-0.15, -0.1) is 0 Å². The third-order valence-corrected chi connectivity index (χ3v) is 8.36. The predicted molar refractivity (Wildman–Crippen MR) is 161 cm³/mol. The van der Waals surface area contributed by atoms with Gasteiger partial charge in [0.05, 0.1) is 0 Å². The zero-order chi connectivity index (χ0) is 26.1. The zero-order valence-electron chi connectivity index (χ0n) is 21.9. The molecule has 2 heteroatoms. The Hall–Kier alpha value is -4.82. The molecule has 0 saturated heterocycles. The molecule has 0 fully saturated rings. The van der Waals surface area contributed by atoms with Gasteiger partial charge in [-0.2, -0.15) is 0 Å². The summed E-state index contributed by atoms with van der Waals surface area (Å²) in [6, 6.07) is 42.9. The first-order valence-electron chi connectivity index (χ1n) is 13.4. The van der Waals surface area contributed by atoms with Crippen LogP contribution >= 0.6 is 0 Å².